The molecule has 0 N–H and O–H groups in total. The standard InChI is InChI=1S/C11H20N2/c1-3-5-11(6-4-2)9-13(10-11)8-7-12/h3-6,8-10H2,1-2H3. The van der Waals surface area contributed by atoms with Gasteiger partial charge in [0.15, 0.2) is 0 Å². The van der Waals surface area contributed by atoms with Crippen molar-refractivity contribution in [1.82, 2.24) is 4.90 Å². The van der Waals surface area contributed by atoms with Crippen LogP contribution in [-0.2, 0) is 0 Å². The highest BCUT2D eigenvalue weighted by Gasteiger charge is 2.40. The summed E-state index contributed by atoms with van der Waals surface area (Å²) in [5.41, 5.74) is 0.570. The lowest BCUT2D eigenvalue weighted by Gasteiger charge is -2.50. The first-order valence-electron chi connectivity index (χ1n) is 5.35. The van der Waals surface area contributed by atoms with Crippen LogP contribution >= 0.6 is 0 Å². The summed E-state index contributed by atoms with van der Waals surface area (Å²) in [4.78, 5) is 2.26. The predicted molar refractivity (Wildman–Crippen MR) is 54.3 cm³/mol. The molecule has 2 nitrogen and oxygen atoms in total. The molecule has 0 amide bonds. The summed E-state index contributed by atoms with van der Waals surface area (Å²) in [7, 11) is 0. The predicted octanol–water partition coefficient (Wildman–Crippen LogP) is 2.41. The van der Waals surface area contributed by atoms with Crippen LogP contribution in [0, 0.1) is 16.7 Å². The third-order valence-electron chi connectivity index (χ3n) is 2.97. The molecule has 74 valence electrons. The second kappa shape index (κ2) is 4.62. The third kappa shape index (κ3) is 2.45. The van der Waals surface area contributed by atoms with Gasteiger partial charge in [-0.05, 0) is 18.3 Å². The Morgan fingerprint density at radius 1 is 1.23 bits per heavy atom. The zero-order valence-corrected chi connectivity index (χ0v) is 8.84. The highest BCUT2D eigenvalue weighted by Crippen LogP contribution is 2.39. The van der Waals surface area contributed by atoms with E-state index < -0.39 is 0 Å². The second-order valence-corrected chi connectivity index (χ2v) is 4.30. The van der Waals surface area contributed by atoms with Crippen molar-refractivity contribution in [3.63, 3.8) is 0 Å². The van der Waals surface area contributed by atoms with Crippen LogP contribution < -0.4 is 0 Å². The maximum Gasteiger partial charge on any atom is 0.0866 e. The van der Waals surface area contributed by atoms with Crippen LogP contribution in [0.2, 0.25) is 0 Å². The fourth-order valence-electron chi connectivity index (χ4n) is 2.62. The molecular formula is C11H20N2. The third-order valence-corrected chi connectivity index (χ3v) is 2.97. The molecule has 0 aromatic carbocycles. The van der Waals surface area contributed by atoms with Gasteiger partial charge in [0.25, 0.3) is 0 Å². The van der Waals surface area contributed by atoms with Crippen LogP contribution in [0.15, 0.2) is 0 Å². The van der Waals surface area contributed by atoms with Gasteiger partial charge in [-0.1, -0.05) is 26.7 Å². The van der Waals surface area contributed by atoms with Gasteiger partial charge >= 0.3 is 0 Å². The first-order valence-corrected chi connectivity index (χ1v) is 5.35. The van der Waals surface area contributed by atoms with Crippen LogP contribution in [0.4, 0.5) is 0 Å². The Labute approximate surface area is 81.5 Å². The summed E-state index contributed by atoms with van der Waals surface area (Å²) < 4.78 is 0. The van der Waals surface area contributed by atoms with Crippen LogP contribution in [0.3, 0.4) is 0 Å². The van der Waals surface area contributed by atoms with E-state index in [0.29, 0.717) is 12.0 Å². The van der Waals surface area contributed by atoms with Gasteiger partial charge < -0.3 is 0 Å². The van der Waals surface area contributed by atoms with E-state index >= 15 is 0 Å². The average Bonchev–Trinajstić information content (AvgIpc) is 2.03. The maximum atomic E-state index is 8.54. The van der Waals surface area contributed by atoms with E-state index in [2.05, 4.69) is 24.8 Å². The summed E-state index contributed by atoms with van der Waals surface area (Å²) in [6.45, 7) is 7.44. The molecule has 0 spiro atoms. The Balaban J connectivity index is 2.34. The maximum absolute atomic E-state index is 8.54. The van der Waals surface area contributed by atoms with Crippen LogP contribution in [-0.4, -0.2) is 24.5 Å². The van der Waals surface area contributed by atoms with Crippen molar-refractivity contribution in [1.29, 1.82) is 5.26 Å². The van der Waals surface area contributed by atoms with Crippen molar-refractivity contribution in [3.05, 3.63) is 0 Å². The molecule has 0 aliphatic carbocycles. The summed E-state index contributed by atoms with van der Waals surface area (Å²) in [5, 5.41) is 8.54. The zero-order valence-electron chi connectivity index (χ0n) is 8.84. The van der Waals surface area contributed by atoms with Gasteiger partial charge in [0.2, 0.25) is 0 Å². The number of rotatable bonds is 5. The number of hydrogen-bond acceptors (Lipinski definition) is 2. The Morgan fingerprint density at radius 2 is 1.77 bits per heavy atom. The Hall–Kier alpha value is -0.550. The van der Waals surface area contributed by atoms with Gasteiger partial charge in [-0.25, -0.2) is 0 Å². The topological polar surface area (TPSA) is 27.0 Å². The Kier molecular flexibility index (Phi) is 3.74. The molecule has 0 saturated carbocycles. The van der Waals surface area contributed by atoms with E-state index in [9.17, 15) is 0 Å². The lowest BCUT2D eigenvalue weighted by molar-refractivity contribution is -0.00459. The first kappa shape index (κ1) is 10.5. The first-order chi connectivity index (χ1) is 6.26. The zero-order chi connectivity index (χ0) is 9.73. The van der Waals surface area contributed by atoms with E-state index in [4.69, 9.17) is 5.26 Å². The molecule has 0 aromatic rings. The van der Waals surface area contributed by atoms with Crippen molar-refractivity contribution >= 4 is 0 Å². The number of nitriles is 1. The molecule has 2 heteroatoms. The fourth-order valence-corrected chi connectivity index (χ4v) is 2.62. The van der Waals surface area contributed by atoms with Gasteiger partial charge in [0.05, 0.1) is 12.6 Å². The van der Waals surface area contributed by atoms with E-state index in [-0.39, 0.29) is 0 Å². The van der Waals surface area contributed by atoms with Crippen LogP contribution in [0.25, 0.3) is 0 Å². The molecule has 1 heterocycles. The number of hydrogen-bond donors (Lipinski definition) is 0. The molecule has 1 fully saturated rings. The largest absolute Gasteiger partial charge is 0.289 e. The van der Waals surface area contributed by atoms with Crippen LogP contribution in [0.1, 0.15) is 39.5 Å². The lowest BCUT2D eigenvalue weighted by atomic mass is 9.73. The molecule has 0 radical (unpaired) electrons. The molecule has 1 aliphatic heterocycles. The van der Waals surface area contributed by atoms with E-state index in [1.807, 2.05) is 0 Å². The van der Waals surface area contributed by atoms with Gasteiger partial charge in [-0.2, -0.15) is 5.26 Å². The fraction of sp³-hybridized carbons (Fsp3) is 0.909. The lowest BCUT2D eigenvalue weighted by Crippen LogP contribution is -2.56. The van der Waals surface area contributed by atoms with Crippen molar-refractivity contribution < 1.29 is 0 Å². The van der Waals surface area contributed by atoms with Crippen molar-refractivity contribution in [3.8, 4) is 6.07 Å². The smallest absolute Gasteiger partial charge is 0.0866 e. The summed E-state index contributed by atoms with van der Waals surface area (Å²) in [5.74, 6) is 0. The van der Waals surface area contributed by atoms with Crippen molar-refractivity contribution in [2.45, 2.75) is 39.5 Å². The molecule has 0 unspecified atom stereocenters. The van der Waals surface area contributed by atoms with Crippen molar-refractivity contribution in [2.24, 2.45) is 5.41 Å². The van der Waals surface area contributed by atoms with Crippen LogP contribution in [0.5, 0.6) is 0 Å². The molecular weight excluding hydrogens is 160 g/mol. The SMILES string of the molecule is CCCC1(CCC)CN(CC#N)C1. The van der Waals surface area contributed by atoms with Gasteiger partial charge in [-0.15, -0.1) is 0 Å². The molecule has 1 aliphatic rings. The van der Waals surface area contributed by atoms with Gasteiger partial charge in [-0.3, -0.25) is 4.90 Å². The van der Waals surface area contributed by atoms with E-state index in [1.165, 1.54) is 25.7 Å². The highest BCUT2D eigenvalue weighted by molar-refractivity contribution is 4.97. The van der Waals surface area contributed by atoms with Gasteiger partial charge in [0.1, 0.15) is 0 Å². The minimum Gasteiger partial charge on any atom is -0.289 e. The summed E-state index contributed by atoms with van der Waals surface area (Å²) >= 11 is 0. The molecule has 0 aromatic heterocycles. The minimum absolute atomic E-state index is 0.570. The number of nitrogens with zero attached hydrogens (tertiary/aromatic N) is 2. The average molecular weight is 180 g/mol. The molecule has 13 heavy (non-hydrogen) atoms. The van der Waals surface area contributed by atoms with E-state index in [1.54, 1.807) is 0 Å². The van der Waals surface area contributed by atoms with Crippen molar-refractivity contribution in [2.75, 3.05) is 19.6 Å². The molecule has 0 atom stereocenters. The Bertz CT molecular complexity index is 179. The monoisotopic (exact) mass is 180 g/mol. The quantitative estimate of drug-likeness (QED) is 0.607. The Morgan fingerprint density at radius 3 is 2.15 bits per heavy atom. The minimum atomic E-state index is 0.570. The highest BCUT2D eigenvalue weighted by atomic mass is 15.2. The molecule has 1 saturated heterocycles. The molecule has 1 rings (SSSR count). The van der Waals surface area contributed by atoms with Gasteiger partial charge in [0, 0.05) is 13.1 Å². The summed E-state index contributed by atoms with van der Waals surface area (Å²) in [6, 6.07) is 2.22. The second-order valence-electron chi connectivity index (χ2n) is 4.30. The van der Waals surface area contributed by atoms with E-state index in [0.717, 1.165) is 13.1 Å². The summed E-state index contributed by atoms with van der Waals surface area (Å²) in [6.07, 6.45) is 5.23. The normalized spacial score (nSPS) is 20.7. The number of likely N-dealkylation sites (tertiary alicyclic amines) is 1. The molecule has 0 bridgehead atoms.